The normalized spacial score (nSPS) is 23.9. The summed E-state index contributed by atoms with van der Waals surface area (Å²) in [5, 5.41) is 0. The molecule has 3 nitrogen and oxygen atoms in total. The van der Waals surface area contributed by atoms with Crippen LogP contribution >= 0.6 is 11.3 Å². The topological polar surface area (TPSA) is 46.3 Å². The minimum absolute atomic E-state index is 0.151. The summed E-state index contributed by atoms with van der Waals surface area (Å²) < 4.78 is 0. The number of nitrogens with two attached hydrogens (primary N) is 1. The predicted molar refractivity (Wildman–Crippen MR) is 75.9 cm³/mol. The largest absolute Gasteiger partial charge is 0.338 e. The van der Waals surface area contributed by atoms with E-state index in [0.717, 1.165) is 17.7 Å². The Labute approximate surface area is 113 Å². The van der Waals surface area contributed by atoms with Crippen LogP contribution in [0, 0.1) is 12.8 Å². The highest BCUT2D eigenvalue weighted by Crippen LogP contribution is 2.29. The average molecular weight is 266 g/mol. The van der Waals surface area contributed by atoms with Crippen molar-refractivity contribution in [2.75, 3.05) is 13.6 Å². The second-order valence-corrected chi connectivity index (χ2v) is 6.46. The monoisotopic (exact) mass is 266 g/mol. The summed E-state index contributed by atoms with van der Waals surface area (Å²) in [5.41, 5.74) is 5.84. The molecule has 1 fully saturated rings. The molecule has 2 rings (SSSR count). The molecule has 1 amide bonds. The number of rotatable bonds is 3. The molecule has 100 valence electrons. The molecule has 4 heteroatoms. The second-order valence-electron chi connectivity index (χ2n) is 5.17. The van der Waals surface area contributed by atoms with Crippen LogP contribution in [0.4, 0.5) is 0 Å². The van der Waals surface area contributed by atoms with Gasteiger partial charge in [0.05, 0.1) is 4.88 Å². The van der Waals surface area contributed by atoms with E-state index in [4.69, 9.17) is 5.73 Å². The molecule has 0 aromatic carbocycles. The van der Waals surface area contributed by atoms with Crippen molar-refractivity contribution in [1.82, 2.24) is 4.90 Å². The first-order valence-corrected chi connectivity index (χ1v) is 7.48. The summed E-state index contributed by atoms with van der Waals surface area (Å²) in [6.07, 6.45) is 4.71. The van der Waals surface area contributed by atoms with Gasteiger partial charge in [0.25, 0.3) is 5.91 Å². The molecule has 2 atom stereocenters. The van der Waals surface area contributed by atoms with E-state index in [-0.39, 0.29) is 5.91 Å². The molecule has 1 aromatic rings. The quantitative estimate of drug-likeness (QED) is 0.914. The molecule has 0 spiro atoms. The van der Waals surface area contributed by atoms with Gasteiger partial charge in [0.2, 0.25) is 0 Å². The standard InChI is InChI=1S/C14H22N2OS/c1-10-7-8-13(18-10)14(17)16(2)12-6-4-3-5-11(12)9-15/h7-8,11-12H,3-6,9,15H2,1-2H3. The molecule has 0 radical (unpaired) electrons. The van der Waals surface area contributed by atoms with Gasteiger partial charge in [-0.25, -0.2) is 0 Å². The Morgan fingerprint density at radius 1 is 1.44 bits per heavy atom. The third kappa shape index (κ3) is 2.75. The van der Waals surface area contributed by atoms with E-state index in [2.05, 4.69) is 0 Å². The van der Waals surface area contributed by atoms with E-state index >= 15 is 0 Å². The molecular weight excluding hydrogens is 244 g/mol. The van der Waals surface area contributed by atoms with Gasteiger partial charge in [0.15, 0.2) is 0 Å². The van der Waals surface area contributed by atoms with Crippen molar-refractivity contribution in [3.05, 3.63) is 21.9 Å². The number of carbonyl (C=O) groups excluding carboxylic acids is 1. The Kier molecular flexibility index (Phi) is 4.40. The molecule has 1 aliphatic carbocycles. The Morgan fingerprint density at radius 2 is 2.17 bits per heavy atom. The van der Waals surface area contributed by atoms with Crippen molar-refractivity contribution in [2.24, 2.45) is 11.7 Å². The zero-order chi connectivity index (χ0) is 13.1. The molecule has 0 bridgehead atoms. The van der Waals surface area contributed by atoms with Gasteiger partial charge >= 0.3 is 0 Å². The van der Waals surface area contributed by atoms with Crippen LogP contribution in [0.15, 0.2) is 12.1 Å². The van der Waals surface area contributed by atoms with Crippen molar-refractivity contribution in [3.63, 3.8) is 0 Å². The number of carbonyl (C=O) groups is 1. The molecule has 0 saturated heterocycles. The maximum absolute atomic E-state index is 12.4. The van der Waals surface area contributed by atoms with E-state index in [0.29, 0.717) is 18.5 Å². The van der Waals surface area contributed by atoms with Gasteiger partial charge in [-0.15, -0.1) is 11.3 Å². The minimum atomic E-state index is 0.151. The fourth-order valence-corrected chi connectivity index (χ4v) is 3.70. The van der Waals surface area contributed by atoms with Gasteiger partial charge in [0, 0.05) is 18.0 Å². The molecule has 1 heterocycles. The lowest BCUT2D eigenvalue weighted by atomic mass is 9.83. The molecule has 2 N–H and O–H groups in total. The van der Waals surface area contributed by atoms with Crippen LogP contribution in [-0.2, 0) is 0 Å². The van der Waals surface area contributed by atoms with E-state index in [1.165, 1.54) is 17.7 Å². The second kappa shape index (κ2) is 5.85. The van der Waals surface area contributed by atoms with Crippen LogP contribution in [0.3, 0.4) is 0 Å². The number of hydrogen-bond acceptors (Lipinski definition) is 3. The Morgan fingerprint density at radius 3 is 2.78 bits per heavy atom. The zero-order valence-electron chi connectivity index (χ0n) is 11.2. The molecular formula is C14H22N2OS. The first-order valence-electron chi connectivity index (χ1n) is 6.67. The molecule has 0 aliphatic heterocycles. The molecule has 1 aliphatic rings. The number of nitrogens with zero attached hydrogens (tertiary/aromatic N) is 1. The summed E-state index contributed by atoms with van der Waals surface area (Å²) >= 11 is 1.57. The lowest BCUT2D eigenvalue weighted by Gasteiger charge is -2.37. The summed E-state index contributed by atoms with van der Waals surface area (Å²) in [4.78, 5) is 16.4. The Balaban J connectivity index is 2.09. The van der Waals surface area contributed by atoms with E-state index in [1.54, 1.807) is 11.3 Å². The van der Waals surface area contributed by atoms with Crippen LogP contribution < -0.4 is 5.73 Å². The zero-order valence-corrected chi connectivity index (χ0v) is 12.0. The SMILES string of the molecule is Cc1ccc(C(=O)N(C)C2CCCCC2CN)s1. The summed E-state index contributed by atoms with van der Waals surface area (Å²) in [6.45, 7) is 2.72. The summed E-state index contributed by atoms with van der Waals surface area (Å²) in [7, 11) is 1.93. The van der Waals surface area contributed by atoms with Crippen LogP contribution in [0.25, 0.3) is 0 Å². The van der Waals surface area contributed by atoms with E-state index < -0.39 is 0 Å². The van der Waals surface area contributed by atoms with Gasteiger partial charge in [-0.05, 0) is 44.4 Å². The summed E-state index contributed by atoms with van der Waals surface area (Å²) in [6, 6.07) is 4.25. The van der Waals surface area contributed by atoms with Crippen LogP contribution in [0.2, 0.25) is 0 Å². The number of aryl methyl sites for hydroxylation is 1. The first kappa shape index (κ1) is 13.6. The smallest absolute Gasteiger partial charge is 0.263 e. The van der Waals surface area contributed by atoms with E-state index in [9.17, 15) is 4.79 Å². The molecule has 1 aromatic heterocycles. The van der Waals surface area contributed by atoms with Gasteiger partial charge in [-0.2, -0.15) is 0 Å². The van der Waals surface area contributed by atoms with Crippen molar-refractivity contribution < 1.29 is 4.79 Å². The third-order valence-corrected chi connectivity index (χ3v) is 4.93. The number of amides is 1. The van der Waals surface area contributed by atoms with Crippen LogP contribution in [0.5, 0.6) is 0 Å². The van der Waals surface area contributed by atoms with Crippen LogP contribution in [0.1, 0.15) is 40.2 Å². The maximum atomic E-state index is 12.4. The highest BCUT2D eigenvalue weighted by Gasteiger charge is 2.30. The highest BCUT2D eigenvalue weighted by atomic mass is 32.1. The number of thiophene rings is 1. The maximum Gasteiger partial charge on any atom is 0.263 e. The third-order valence-electron chi connectivity index (χ3n) is 3.94. The lowest BCUT2D eigenvalue weighted by molar-refractivity contribution is 0.0625. The van der Waals surface area contributed by atoms with Gasteiger partial charge < -0.3 is 10.6 Å². The Hall–Kier alpha value is -0.870. The van der Waals surface area contributed by atoms with Gasteiger partial charge in [-0.1, -0.05) is 12.8 Å². The van der Waals surface area contributed by atoms with Crippen molar-refractivity contribution in [3.8, 4) is 0 Å². The van der Waals surface area contributed by atoms with E-state index in [1.807, 2.05) is 31.0 Å². The number of hydrogen-bond donors (Lipinski definition) is 1. The van der Waals surface area contributed by atoms with Crippen molar-refractivity contribution >= 4 is 17.2 Å². The first-order chi connectivity index (χ1) is 8.63. The minimum Gasteiger partial charge on any atom is -0.338 e. The fraction of sp³-hybridized carbons (Fsp3) is 0.643. The highest BCUT2D eigenvalue weighted by molar-refractivity contribution is 7.13. The van der Waals surface area contributed by atoms with Crippen molar-refractivity contribution in [1.29, 1.82) is 0 Å². The van der Waals surface area contributed by atoms with Gasteiger partial charge in [0.1, 0.15) is 0 Å². The van der Waals surface area contributed by atoms with Crippen LogP contribution in [-0.4, -0.2) is 30.4 Å². The Bertz CT molecular complexity index is 416. The van der Waals surface area contributed by atoms with Crippen molar-refractivity contribution in [2.45, 2.75) is 38.6 Å². The molecule has 18 heavy (non-hydrogen) atoms. The summed E-state index contributed by atoms with van der Waals surface area (Å²) in [5.74, 6) is 0.618. The lowest BCUT2D eigenvalue weighted by Crippen LogP contribution is -2.45. The molecule has 2 unspecified atom stereocenters. The van der Waals surface area contributed by atoms with Gasteiger partial charge in [-0.3, -0.25) is 4.79 Å². The average Bonchev–Trinajstić information content (AvgIpc) is 2.83. The predicted octanol–water partition coefficient (Wildman–Crippen LogP) is 2.65. The fourth-order valence-electron chi connectivity index (χ4n) is 2.85. The molecule has 1 saturated carbocycles.